The van der Waals surface area contributed by atoms with E-state index in [-0.39, 0.29) is 45.7 Å². The van der Waals surface area contributed by atoms with E-state index in [4.69, 9.17) is 23.2 Å². The molecule has 2 aromatic rings. The fourth-order valence-electron chi connectivity index (χ4n) is 3.55. The van der Waals surface area contributed by atoms with E-state index in [1.165, 1.54) is 17.0 Å². The predicted octanol–water partition coefficient (Wildman–Crippen LogP) is 5.41. The van der Waals surface area contributed by atoms with E-state index in [0.717, 1.165) is 18.2 Å². The Bertz CT molecular complexity index is 932. The summed E-state index contributed by atoms with van der Waals surface area (Å²) in [6.45, 7) is 1.97. The Balaban J connectivity index is 1.91. The zero-order valence-electron chi connectivity index (χ0n) is 14.8. The molecule has 0 aliphatic carbocycles. The van der Waals surface area contributed by atoms with Crippen LogP contribution >= 0.6 is 23.2 Å². The number of hydrogen-bond acceptors (Lipinski definition) is 3. The van der Waals surface area contributed by atoms with Gasteiger partial charge in [0, 0.05) is 30.7 Å². The van der Waals surface area contributed by atoms with Gasteiger partial charge in [0.25, 0.3) is 5.69 Å². The van der Waals surface area contributed by atoms with Crippen molar-refractivity contribution in [3.63, 3.8) is 0 Å². The largest absolute Gasteiger partial charge is 0.309 e. The molecule has 1 aliphatic heterocycles. The third-order valence-corrected chi connectivity index (χ3v) is 5.40. The van der Waals surface area contributed by atoms with E-state index in [1.807, 2.05) is 0 Å². The molecule has 1 aliphatic rings. The number of nitrogens with zero attached hydrogens (tertiary/aromatic N) is 2. The summed E-state index contributed by atoms with van der Waals surface area (Å²) in [6.07, 6.45) is 0.830. The minimum atomic E-state index is -0.653. The number of amides is 1. The SMILES string of the molecule is C[C@@H]1C[C@H](Cc2ccc(F)cc2F)CN(c2c(Cl)cc([N+](=O)[O-])cc2Cl)C1=O. The molecule has 3 rings (SSSR count). The monoisotopic (exact) mass is 428 g/mol. The van der Waals surface area contributed by atoms with Crippen LogP contribution in [0, 0.1) is 33.6 Å². The number of benzene rings is 2. The number of halogens is 4. The molecule has 9 heteroatoms. The average Bonchev–Trinajstić information content (AvgIpc) is 2.60. The van der Waals surface area contributed by atoms with Gasteiger partial charge in [-0.15, -0.1) is 0 Å². The van der Waals surface area contributed by atoms with Gasteiger partial charge in [0.15, 0.2) is 0 Å². The van der Waals surface area contributed by atoms with Crippen LogP contribution in [0.1, 0.15) is 18.9 Å². The minimum absolute atomic E-state index is 0.00615. The van der Waals surface area contributed by atoms with Crippen LogP contribution in [0.25, 0.3) is 0 Å². The molecule has 5 nitrogen and oxygen atoms in total. The van der Waals surface area contributed by atoms with E-state index >= 15 is 0 Å². The van der Waals surface area contributed by atoms with Crippen molar-refractivity contribution in [1.82, 2.24) is 0 Å². The smallest absolute Gasteiger partial charge is 0.272 e. The minimum Gasteiger partial charge on any atom is -0.309 e. The summed E-state index contributed by atoms with van der Waals surface area (Å²) >= 11 is 12.4. The van der Waals surface area contributed by atoms with Crippen molar-refractivity contribution in [3.05, 3.63) is 67.7 Å². The average molecular weight is 429 g/mol. The second-order valence-electron chi connectivity index (χ2n) is 6.91. The molecule has 28 heavy (non-hydrogen) atoms. The lowest BCUT2D eigenvalue weighted by atomic mass is 9.85. The second-order valence-corrected chi connectivity index (χ2v) is 7.72. The number of rotatable bonds is 4. The molecule has 0 unspecified atom stereocenters. The van der Waals surface area contributed by atoms with E-state index in [0.29, 0.717) is 18.4 Å². The van der Waals surface area contributed by atoms with Gasteiger partial charge in [-0.3, -0.25) is 14.9 Å². The Kier molecular flexibility index (Phi) is 5.86. The molecule has 0 radical (unpaired) electrons. The van der Waals surface area contributed by atoms with Crippen LogP contribution < -0.4 is 4.90 Å². The lowest BCUT2D eigenvalue weighted by Crippen LogP contribution is -2.45. The zero-order chi connectivity index (χ0) is 20.6. The van der Waals surface area contributed by atoms with Crippen LogP contribution in [0.3, 0.4) is 0 Å². The van der Waals surface area contributed by atoms with Gasteiger partial charge in [-0.1, -0.05) is 36.2 Å². The Labute approximate surface area is 170 Å². The first-order valence-electron chi connectivity index (χ1n) is 8.56. The summed E-state index contributed by atoms with van der Waals surface area (Å²) < 4.78 is 27.2. The van der Waals surface area contributed by atoms with E-state index < -0.39 is 16.6 Å². The maximum Gasteiger partial charge on any atom is 0.272 e. The van der Waals surface area contributed by atoms with Crippen LogP contribution in [0.15, 0.2) is 30.3 Å². The Hall–Kier alpha value is -2.25. The Morgan fingerprint density at radius 1 is 1.21 bits per heavy atom. The van der Waals surface area contributed by atoms with Crippen molar-refractivity contribution >= 4 is 40.5 Å². The molecule has 0 spiro atoms. The quantitative estimate of drug-likeness (QED) is 0.482. The number of carbonyl (C=O) groups excluding carboxylic acids is 1. The highest BCUT2D eigenvalue weighted by atomic mass is 35.5. The van der Waals surface area contributed by atoms with Crippen molar-refractivity contribution in [2.45, 2.75) is 19.8 Å². The number of piperidine rings is 1. The number of nitro groups is 1. The van der Waals surface area contributed by atoms with Crippen LogP contribution in [0.4, 0.5) is 20.2 Å². The van der Waals surface area contributed by atoms with E-state index in [9.17, 15) is 23.7 Å². The maximum atomic E-state index is 14.0. The fraction of sp³-hybridized carbons (Fsp3) is 0.316. The number of hydrogen-bond donors (Lipinski definition) is 0. The predicted molar refractivity (Wildman–Crippen MR) is 103 cm³/mol. The van der Waals surface area contributed by atoms with Gasteiger partial charge in [0.1, 0.15) is 11.6 Å². The van der Waals surface area contributed by atoms with E-state index in [1.54, 1.807) is 6.92 Å². The van der Waals surface area contributed by atoms with Crippen molar-refractivity contribution in [2.75, 3.05) is 11.4 Å². The molecule has 0 N–H and O–H groups in total. The lowest BCUT2D eigenvalue weighted by Gasteiger charge is -2.37. The van der Waals surface area contributed by atoms with Crippen LogP contribution in [-0.4, -0.2) is 17.4 Å². The molecule has 1 heterocycles. The summed E-state index contributed by atoms with van der Waals surface area (Å²) in [5.41, 5.74) is 0.282. The third kappa shape index (κ3) is 4.10. The van der Waals surface area contributed by atoms with Crippen LogP contribution in [0.2, 0.25) is 10.0 Å². The summed E-state index contributed by atoms with van der Waals surface area (Å²) in [5.74, 6) is -1.99. The summed E-state index contributed by atoms with van der Waals surface area (Å²) in [6, 6.07) is 5.70. The second kappa shape index (κ2) is 8.01. The van der Waals surface area contributed by atoms with Gasteiger partial charge in [-0.25, -0.2) is 8.78 Å². The van der Waals surface area contributed by atoms with Gasteiger partial charge in [0.05, 0.1) is 20.7 Å². The molecular formula is C19H16Cl2F2N2O3. The van der Waals surface area contributed by atoms with Gasteiger partial charge in [0.2, 0.25) is 5.91 Å². The van der Waals surface area contributed by atoms with Gasteiger partial charge >= 0.3 is 0 Å². The van der Waals surface area contributed by atoms with Crippen LogP contribution in [-0.2, 0) is 11.2 Å². The normalized spacial score (nSPS) is 19.8. The molecule has 0 aromatic heterocycles. The summed E-state index contributed by atoms with van der Waals surface area (Å²) in [5, 5.41) is 11.0. The fourth-order valence-corrected chi connectivity index (χ4v) is 4.23. The highest BCUT2D eigenvalue weighted by Gasteiger charge is 2.35. The maximum absolute atomic E-state index is 14.0. The lowest BCUT2D eigenvalue weighted by molar-refractivity contribution is -0.384. The molecular weight excluding hydrogens is 413 g/mol. The molecule has 1 saturated heterocycles. The first kappa shape index (κ1) is 20.5. The van der Waals surface area contributed by atoms with Gasteiger partial charge in [-0.2, -0.15) is 0 Å². The molecule has 148 valence electrons. The van der Waals surface area contributed by atoms with Crippen LogP contribution in [0.5, 0.6) is 0 Å². The van der Waals surface area contributed by atoms with Gasteiger partial charge in [-0.05, 0) is 30.4 Å². The number of nitro benzene ring substituents is 1. The molecule has 2 atom stereocenters. The highest BCUT2D eigenvalue weighted by molar-refractivity contribution is 6.40. The van der Waals surface area contributed by atoms with Crippen molar-refractivity contribution in [3.8, 4) is 0 Å². The molecule has 0 bridgehead atoms. The summed E-state index contributed by atoms with van der Waals surface area (Å²) in [4.78, 5) is 24.5. The Morgan fingerprint density at radius 2 is 1.86 bits per heavy atom. The number of carbonyl (C=O) groups is 1. The highest BCUT2D eigenvalue weighted by Crippen LogP contribution is 2.40. The zero-order valence-corrected chi connectivity index (χ0v) is 16.3. The first-order valence-corrected chi connectivity index (χ1v) is 9.31. The molecule has 2 aromatic carbocycles. The van der Waals surface area contributed by atoms with Crippen molar-refractivity contribution < 1.29 is 18.5 Å². The number of anilines is 1. The molecule has 1 amide bonds. The molecule has 1 fully saturated rings. The van der Waals surface area contributed by atoms with Crippen molar-refractivity contribution in [1.29, 1.82) is 0 Å². The standard InChI is InChI=1S/C19H16Cl2F2N2O3/c1-10-4-11(5-12-2-3-13(22)6-17(12)23)9-24(19(10)26)18-15(20)7-14(25(27)28)8-16(18)21/h2-3,6-8,10-11H,4-5,9H2,1H3/t10-,11-/m1/s1. The molecule has 0 saturated carbocycles. The number of non-ortho nitro benzene ring substituents is 1. The topological polar surface area (TPSA) is 63.4 Å². The van der Waals surface area contributed by atoms with Crippen molar-refractivity contribution in [2.24, 2.45) is 11.8 Å². The first-order chi connectivity index (χ1) is 13.2. The van der Waals surface area contributed by atoms with E-state index in [2.05, 4.69) is 0 Å². The Morgan fingerprint density at radius 3 is 2.43 bits per heavy atom. The van der Waals surface area contributed by atoms with Gasteiger partial charge < -0.3 is 4.90 Å². The summed E-state index contributed by atoms with van der Waals surface area (Å²) in [7, 11) is 0. The third-order valence-electron chi connectivity index (χ3n) is 4.82.